The fourth-order valence-electron chi connectivity index (χ4n) is 3.20. The second-order valence-electron chi connectivity index (χ2n) is 6.54. The molecule has 140 valence electrons. The number of nitrogens with zero attached hydrogens (tertiary/aromatic N) is 3. The van der Waals surface area contributed by atoms with Crippen molar-refractivity contribution in [3.05, 3.63) is 66.4 Å². The maximum Gasteiger partial charge on any atom is 0.246 e. The summed E-state index contributed by atoms with van der Waals surface area (Å²) in [6, 6.07) is 8.03. The normalized spacial score (nSPS) is 15.9. The average Bonchev–Trinajstić information content (AvgIpc) is 3.34. The van der Waals surface area contributed by atoms with Crippen molar-refractivity contribution in [3.63, 3.8) is 0 Å². The van der Waals surface area contributed by atoms with Crippen LogP contribution in [-0.2, 0) is 4.79 Å². The van der Waals surface area contributed by atoms with Crippen LogP contribution in [0.2, 0.25) is 0 Å². The van der Waals surface area contributed by atoms with Crippen LogP contribution in [0.25, 0.3) is 11.0 Å². The molecule has 1 aromatic carbocycles. The van der Waals surface area contributed by atoms with Crippen molar-refractivity contribution in [2.24, 2.45) is 0 Å². The summed E-state index contributed by atoms with van der Waals surface area (Å²) in [5, 5.41) is 4.23. The number of likely N-dealkylation sites (tertiary alicyclic amines) is 1. The number of halogens is 1. The van der Waals surface area contributed by atoms with Crippen molar-refractivity contribution in [2.45, 2.75) is 12.5 Å². The Morgan fingerprint density at radius 1 is 1.32 bits per heavy atom. The molecule has 0 bridgehead atoms. The Morgan fingerprint density at radius 2 is 2.14 bits per heavy atom. The molecule has 0 saturated carbocycles. The molecule has 7 heteroatoms. The number of aromatic amines is 1. The van der Waals surface area contributed by atoms with Crippen molar-refractivity contribution in [3.8, 4) is 11.8 Å². The largest absolute Gasteiger partial charge is 0.365 e. The van der Waals surface area contributed by atoms with Crippen LogP contribution in [0, 0.1) is 17.7 Å². The van der Waals surface area contributed by atoms with E-state index in [1.54, 1.807) is 17.0 Å². The summed E-state index contributed by atoms with van der Waals surface area (Å²) < 4.78 is 13.0. The maximum absolute atomic E-state index is 13.0. The van der Waals surface area contributed by atoms with E-state index in [2.05, 4.69) is 38.7 Å². The van der Waals surface area contributed by atoms with E-state index >= 15 is 0 Å². The maximum atomic E-state index is 13.0. The van der Waals surface area contributed by atoms with Gasteiger partial charge >= 0.3 is 0 Å². The van der Waals surface area contributed by atoms with E-state index in [1.165, 1.54) is 24.5 Å². The first-order valence-electron chi connectivity index (χ1n) is 8.91. The lowest BCUT2D eigenvalue weighted by Crippen LogP contribution is -2.30. The number of nitrogens with one attached hydrogen (secondary N) is 2. The lowest BCUT2D eigenvalue weighted by molar-refractivity contribution is -0.125. The van der Waals surface area contributed by atoms with Gasteiger partial charge in [0.25, 0.3) is 0 Å². The number of hydrogen-bond donors (Lipinski definition) is 2. The molecule has 1 fully saturated rings. The summed E-state index contributed by atoms with van der Waals surface area (Å²) in [4.78, 5) is 25.3. The Hall–Kier alpha value is -3.66. The molecule has 4 rings (SSSR count). The van der Waals surface area contributed by atoms with Gasteiger partial charge in [-0.05, 0) is 48.7 Å². The molecule has 0 unspecified atom stereocenters. The zero-order valence-corrected chi connectivity index (χ0v) is 15.1. The van der Waals surface area contributed by atoms with Crippen LogP contribution in [0.4, 0.5) is 10.2 Å². The predicted octanol–water partition coefficient (Wildman–Crippen LogP) is 2.70. The second kappa shape index (κ2) is 7.53. The number of carbonyl (C=O) groups excluding carboxylic acids is 1. The smallest absolute Gasteiger partial charge is 0.246 e. The van der Waals surface area contributed by atoms with Crippen LogP contribution < -0.4 is 5.32 Å². The number of aromatic nitrogens is 3. The lowest BCUT2D eigenvalue weighted by atomic mass is 10.2. The molecular weight excluding hydrogens is 357 g/mol. The van der Waals surface area contributed by atoms with Crippen LogP contribution in [0.15, 0.2) is 49.3 Å². The van der Waals surface area contributed by atoms with E-state index in [9.17, 15) is 9.18 Å². The van der Waals surface area contributed by atoms with Crippen molar-refractivity contribution in [2.75, 3.05) is 18.4 Å². The van der Waals surface area contributed by atoms with Gasteiger partial charge in [-0.2, -0.15) is 0 Å². The Morgan fingerprint density at radius 3 is 2.93 bits per heavy atom. The standard InChI is InChI=1S/C21H18FN5O/c1-2-19(28)27-10-9-17(12-27)26-21-18-11-16(25-20(18)23-13-24-21)8-5-14-3-6-15(22)7-4-14/h2-4,6-7,11,13,17H,1,9-10,12H2,(H2,23,24,25,26)/t17-/m1/s1. The third-order valence-electron chi connectivity index (χ3n) is 4.63. The molecular formula is C21H18FN5O. The minimum atomic E-state index is -0.289. The van der Waals surface area contributed by atoms with Gasteiger partial charge in [-0.3, -0.25) is 4.79 Å². The molecule has 1 aliphatic rings. The number of benzene rings is 1. The molecule has 1 saturated heterocycles. The summed E-state index contributed by atoms with van der Waals surface area (Å²) >= 11 is 0. The summed E-state index contributed by atoms with van der Waals surface area (Å²) in [5.41, 5.74) is 2.10. The Kier molecular flexibility index (Phi) is 4.77. The topological polar surface area (TPSA) is 73.9 Å². The Balaban J connectivity index is 1.54. The zero-order valence-electron chi connectivity index (χ0n) is 15.1. The monoisotopic (exact) mass is 375 g/mol. The van der Waals surface area contributed by atoms with Crippen molar-refractivity contribution < 1.29 is 9.18 Å². The van der Waals surface area contributed by atoms with Gasteiger partial charge in [0.05, 0.1) is 11.1 Å². The molecule has 6 nitrogen and oxygen atoms in total. The van der Waals surface area contributed by atoms with Crippen LogP contribution in [-0.4, -0.2) is 44.9 Å². The van der Waals surface area contributed by atoms with E-state index in [1.807, 2.05) is 6.07 Å². The van der Waals surface area contributed by atoms with Gasteiger partial charge in [-0.1, -0.05) is 12.5 Å². The highest BCUT2D eigenvalue weighted by atomic mass is 19.1. The zero-order chi connectivity index (χ0) is 19.5. The van der Waals surface area contributed by atoms with E-state index < -0.39 is 0 Å². The average molecular weight is 375 g/mol. The number of anilines is 1. The van der Waals surface area contributed by atoms with Gasteiger partial charge in [0.2, 0.25) is 5.91 Å². The van der Waals surface area contributed by atoms with E-state index in [-0.39, 0.29) is 17.8 Å². The number of H-pyrrole nitrogens is 1. The molecule has 2 aromatic heterocycles. The second-order valence-corrected chi connectivity index (χ2v) is 6.54. The van der Waals surface area contributed by atoms with Crippen LogP contribution in [0.5, 0.6) is 0 Å². The quantitative estimate of drug-likeness (QED) is 0.545. The van der Waals surface area contributed by atoms with Gasteiger partial charge in [-0.15, -0.1) is 0 Å². The van der Waals surface area contributed by atoms with E-state index in [4.69, 9.17) is 0 Å². The minimum Gasteiger partial charge on any atom is -0.365 e. The number of rotatable bonds is 3. The SMILES string of the molecule is C=CC(=O)N1CC[C@@H](Nc2ncnc3[nH]c(C#Cc4ccc(F)cc4)cc23)C1. The first kappa shape index (κ1) is 17.7. The molecule has 0 radical (unpaired) electrons. The highest BCUT2D eigenvalue weighted by Gasteiger charge is 2.25. The molecule has 2 N–H and O–H groups in total. The molecule has 1 aliphatic heterocycles. The molecule has 3 heterocycles. The van der Waals surface area contributed by atoms with Gasteiger partial charge in [-0.25, -0.2) is 14.4 Å². The number of fused-ring (bicyclic) bond motifs is 1. The Labute approximate surface area is 161 Å². The highest BCUT2D eigenvalue weighted by Crippen LogP contribution is 2.23. The highest BCUT2D eigenvalue weighted by molar-refractivity contribution is 5.89. The minimum absolute atomic E-state index is 0.0582. The molecule has 1 atom stereocenters. The van der Waals surface area contributed by atoms with Crippen LogP contribution >= 0.6 is 0 Å². The Bertz CT molecular complexity index is 1090. The van der Waals surface area contributed by atoms with Gasteiger partial charge in [0.1, 0.15) is 23.6 Å². The van der Waals surface area contributed by atoms with Crippen molar-refractivity contribution >= 4 is 22.8 Å². The first-order chi connectivity index (χ1) is 13.6. The summed E-state index contributed by atoms with van der Waals surface area (Å²) in [6.07, 6.45) is 3.66. The van der Waals surface area contributed by atoms with Crippen molar-refractivity contribution in [1.82, 2.24) is 19.9 Å². The number of amides is 1. The van der Waals surface area contributed by atoms with Gasteiger partial charge < -0.3 is 15.2 Å². The van der Waals surface area contributed by atoms with E-state index in [0.29, 0.717) is 30.2 Å². The fraction of sp³-hybridized carbons (Fsp3) is 0.190. The van der Waals surface area contributed by atoms with Crippen molar-refractivity contribution in [1.29, 1.82) is 0 Å². The summed E-state index contributed by atoms with van der Waals surface area (Å²) in [6.45, 7) is 4.84. The molecule has 1 amide bonds. The molecule has 0 spiro atoms. The van der Waals surface area contributed by atoms with Gasteiger partial charge in [0.15, 0.2) is 0 Å². The number of carbonyl (C=O) groups is 1. The third kappa shape index (κ3) is 3.71. The first-order valence-corrected chi connectivity index (χ1v) is 8.91. The summed E-state index contributed by atoms with van der Waals surface area (Å²) in [5.74, 6) is 6.38. The predicted molar refractivity (Wildman–Crippen MR) is 105 cm³/mol. The van der Waals surface area contributed by atoms with Crippen LogP contribution in [0.3, 0.4) is 0 Å². The molecule has 0 aliphatic carbocycles. The molecule has 3 aromatic rings. The molecule has 28 heavy (non-hydrogen) atoms. The fourth-order valence-corrected chi connectivity index (χ4v) is 3.20. The summed E-state index contributed by atoms with van der Waals surface area (Å²) in [7, 11) is 0. The van der Waals surface area contributed by atoms with Crippen LogP contribution in [0.1, 0.15) is 17.7 Å². The van der Waals surface area contributed by atoms with E-state index in [0.717, 1.165) is 17.4 Å². The lowest BCUT2D eigenvalue weighted by Gasteiger charge is -2.15. The van der Waals surface area contributed by atoms with Gasteiger partial charge in [0, 0.05) is 24.7 Å². The number of hydrogen-bond acceptors (Lipinski definition) is 4. The third-order valence-corrected chi connectivity index (χ3v) is 4.63.